The normalized spacial score (nSPS) is 28.0. The molecule has 16 nitrogen and oxygen atoms in total. The second kappa shape index (κ2) is 19.0. The maximum absolute atomic E-state index is 13.9. The second-order valence-electron chi connectivity index (χ2n) is 12.1. The molecule has 2 aromatic rings. The Bertz CT molecular complexity index is 1630. The van der Waals surface area contributed by atoms with E-state index in [0.29, 0.717) is 19.7 Å². The number of aromatic hydroxyl groups is 2. The van der Waals surface area contributed by atoms with Crippen LogP contribution >= 0.6 is 31.2 Å². The van der Waals surface area contributed by atoms with Crippen LogP contribution in [0.15, 0.2) is 18.2 Å². The molecule has 7 atom stereocenters. The molecular formula is C32H42Cl3N3O13Pt. The molecular weight excluding hydrogens is 936 g/mol. The summed E-state index contributed by atoms with van der Waals surface area (Å²) in [6.07, 6.45) is -5.46. The number of hydrogen-bond donors (Lipinski definition) is 5. The van der Waals surface area contributed by atoms with Crippen molar-refractivity contribution in [2.45, 2.75) is 68.7 Å². The molecule has 0 radical (unpaired) electrons. The van der Waals surface area contributed by atoms with Crippen molar-refractivity contribution in [3.8, 4) is 17.2 Å². The van der Waals surface area contributed by atoms with E-state index >= 15 is 0 Å². The minimum absolute atomic E-state index is 0. The predicted octanol–water partition coefficient (Wildman–Crippen LogP) is 3.58. The Morgan fingerprint density at radius 1 is 1.08 bits per heavy atom. The molecule has 2 fully saturated rings. The zero-order valence-electron chi connectivity index (χ0n) is 28.2. The molecule has 0 spiro atoms. The molecule has 2 saturated heterocycles. The average Bonchev–Trinajstić information content (AvgIpc) is 3.09. The van der Waals surface area contributed by atoms with E-state index in [0.717, 1.165) is 0 Å². The van der Waals surface area contributed by atoms with Crippen LogP contribution in [0.3, 0.4) is 0 Å². The molecule has 294 valence electrons. The minimum Gasteiger partial charge on any atom is -0.693 e. The SMILES string of the molecule is COc1cccc2c1C(=O)c1c(O)c3c(c(O)c1C2=O)C[C@@](O)(C(=O)CO)C[C@@H]3O[C@H]1C[C@H](N2CCO[C@H](OC)C2)[C@H](O)[C@H](C)O1.Cl.[Cl][Pt+2][Cl].[NH2-].[NH2-]. The van der Waals surface area contributed by atoms with Gasteiger partial charge in [-0.3, -0.25) is 19.3 Å². The fourth-order valence-electron chi connectivity index (χ4n) is 7.14. The number of carbonyl (C=O) groups excluding carboxylic acids is 3. The molecule has 52 heavy (non-hydrogen) atoms. The summed E-state index contributed by atoms with van der Waals surface area (Å²) in [6, 6.07) is 3.93. The van der Waals surface area contributed by atoms with Crippen LogP contribution in [0.2, 0.25) is 0 Å². The number of benzene rings is 2. The van der Waals surface area contributed by atoms with Crippen LogP contribution in [-0.2, 0) is 46.6 Å². The molecule has 0 amide bonds. The summed E-state index contributed by atoms with van der Waals surface area (Å²) >= 11 is -0.472. The monoisotopic (exact) mass is 976 g/mol. The van der Waals surface area contributed by atoms with E-state index in [1.54, 1.807) is 6.92 Å². The second-order valence-corrected chi connectivity index (χ2v) is 15.4. The Labute approximate surface area is 322 Å². The van der Waals surface area contributed by atoms with Crippen LogP contribution in [0.25, 0.3) is 12.3 Å². The smallest absolute Gasteiger partial charge is 0.693 e. The summed E-state index contributed by atoms with van der Waals surface area (Å²) in [7, 11) is 12.6. The van der Waals surface area contributed by atoms with Crippen molar-refractivity contribution < 1.29 is 80.1 Å². The summed E-state index contributed by atoms with van der Waals surface area (Å²) in [5.41, 5.74) is -3.62. The molecule has 6 rings (SSSR count). The number of phenolic OH excluding ortho intramolecular Hbond substituents is 2. The Morgan fingerprint density at radius 2 is 1.73 bits per heavy atom. The van der Waals surface area contributed by atoms with Gasteiger partial charge in [-0.2, -0.15) is 0 Å². The number of fused-ring (bicyclic) bond motifs is 3. The molecule has 0 saturated carbocycles. The molecule has 20 heteroatoms. The molecule has 0 bridgehead atoms. The maximum atomic E-state index is 13.9. The van der Waals surface area contributed by atoms with E-state index in [2.05, 4.69) is 0 Å². The van der Waals surface area contributed by atoms with Gasteiger partial charge in [0.2, 0.25) is 5.78 Å². The number of nitrogens with two attached hydrogens (primary N) is 2. The van der Waals surface area contributed by atoms with E-state index in [1.165, 1.54) is 32.4 Å². The first kappa shape index (κ1) is 46.2. The molecule has 0 unspecified atom stereocenters. The first-order valence-corrected chi connectivity index (χ1v) is 20.9. The number of nitrogens with zero attached hydrogens (tertiary/aromatic N) is 1. The van der Waals surface area contributed by atoms with Crippen LogP contribution in [0.1, 0.15) is 68.8 Å². The Kier molecular flexibility index (Phi) is 16.9. The van der Waals surface area contributed by atoms with Crippen molar-refractivity contribution in [2.75, 3.05) is 40.5 Å². The van der Waals surface area contributed by atoms with E-state index in [4.69, 9.17) is 42.5 Å². The average molecular weight is 978 g/mol. The van der Waals surface area contributed by atoms with Gasteiger partial charge in [-0.15, -0.1) is 12.4 Å². The van der Waals surface area contributed by atoms with Crippen molar-refractivity contribution in [3.63, 3.8) is 0 Å². The number of aliphatic hydroxyl groups excluding tert-OH is 2. The van der Waals surface area contributed by atoms with Crippen LogP contribution in [0, 0.1) is 0 Å². The van der Waals surface area contributed by atoms with Gasteiger partial charge in [0.1, 0.15) is 29.5 Å². The predicted molar refractivity (Wildman–Crippen MR) is 185 cm³/mol. The third-order valence-electron chi connectivity index (χ3n) is 9.53. The Hall–Kier alpha value is -1.99. The molecule has 9 N–H and O–H groups in total. The third kappa shape index (κ3) is 8.46. The number of phenols is 2. The largest absolute Gasteiger partial charge is 0.693 e. The number of rotatable bonds is 7. The zero-order chi connectivity index (χ0) is 35.8. The number of Topliss-reactive ketones (excluding diaryl/α,β-unsaturated/α-hetero) is 1. The number of methoxy groups -OCH3 is 2. The molecule has 0 aromatic heterocycles. The standard InChI is InChI=1S/C32H37NO13.3ClH.2H2N.Pt/c1-14-27(36)17(33-7-8-44-22(12-33)43-3)9-21(45-14)46-19-11-32(41,20(35)13-34)10-16-24(19)31(40)26-25(29(16)38)28(37)15-5-4-6-18(42-2)23(15)30(26)39;;;;;;/h4-6,14,17,19,21-22,27,34,36,38,40-41H,7-13H2,1-3H3;3*1H;2*1H2;/q;;;;2*-1;+4/p-2/t14-,17-,19-,21-,22-,27+,32-;;;;;;/m0....../s1. The number of hydrogen-bond acceptors (Lipinski definition) is 14. The van der Waals surface area contributed by atoms with Crippen molar-refractivity contribution in [1.82, 2.24) is 4.90 Å². The van der Waals surface area contributed by atoms with E-state index < -0.39 is 118 Å². The number of aliphatic hydroxyl groups is 3. The van der Waals surface area contributed by atoms with E-state index in [1.807, 2.05) is 4.90 Å². The molecule has 2 aliphatic heterocycles. The fourth-order valence-corrected chi connectivity index (χ4v) is 7.14. The summed E-state index contributed by atoms with van der Waals surface area (Å²) in [5, 5.41) is 55.5. The van der Waals surface area contributed by atoms with Gasteiger partial charge >= 0.3 is 35.3 Å². The van der Waals surface area contributed by atoms with Gasteiger partial charge in [0.15, 0.2) is 24.1 Å². The van der Waals surface area contributed by atoms with Crippen LogP contribution < -0.4 is 4.74 Å². The van der Waals surface area contributed by atoms with Crippen molar-refractivity contribution in [2.24, 2.45) is 0 Å². The van der Waals surface area contributed by atoms with Gasteiger partial charge in [-0.25, -0.2) is 0 Å². The summed E-state index contributed by atoms with van der Waals surface area (Å²) < 4.78 is 28.6. The molecule has 2 heterocycles. The van der Waals surface area contributed by atoms with E-state index in [9.17, 15) is 39.9 Å². The topological polar surface area (TPSA) is 269 Å². The molecule has 2 aliphatic carbocycles. The first-order chi connectivity index (χ1) is 23.3. The number of halogens is 3. The van der Waals surface area contributed by atoms with Gasteiger partial charge in [0.25, 0.3) is 0 Å². The van der Waals surface area contributed by atoms with Gasteiger partial charge in [0, 0.05) is 62.2 Å². The van der Waals surface area contributed by atoms with Gasteiger partial charge in [-0.05, 0) is 13.0 Å². The fraction of sp³-hybridized carbons (Fsp3) is 0.531. The summed E-state index contributed by atoms with van der Waals surface area (Å²) in [5.74, 6) is -3.75. The van der Waals surface area contributed by atoms with Crippen LogP contribution in [0.4, 0.5) is 0 Å². The van der Waals surface area contributed by atoms with Gasteiger partial charge < -0.3 is 61.5 Å². The van der Waals surface area contributed by atoms with Crippen LogP contribution in [0.5, 0.6) is 17.2 Å². The van der Waals surface area contributed by atoms with Crippen molar-refractivity contribution in [3.05, 3.63) is 63.9 Å². The number of ketones is 3. The first-order valence-electron chi connectivity index (χ1n) is 15.3. The number of ether oxygens (including phenoxy) is 5. The van der Waals surface area contributed by atoms with Gasteiger partial charge in [0.05, 0.1) is 48.7 Å². The quantitative estimate of drug-likeness (QED) is 0.212. The van der Waals surface area contributed by atoms with Gasteiger partial charge in [-0.1, -0.05) is 12.1 Å². The maximum Gasteiger partial charge on any atom is -0.693 e. The minimum atomic E-state index is -2.26. The van der Waals surface area contributed by atoms with Crippen molar-refractivity contribution >= 4 is 48.6 Å². The Morgan fingerprint density at radius 3 is 2.35 bits per heavy atom. The molecule has 2 aromatic carbocycles. The van der Waals surface area contributed by atoms with E-state index in [-0.39, 0.29) is 59.1 Å². The summed E-state index contributed by atoms with van der Waals surface area (Å²) in [6.45, 7) is 1.88. The zero-order valence-corrected chi connectivity index (χ0v) is 32.8. The Balaban J connectivity index is 0.00000151. The number of morpholine rings is 1. The number of carbonyl (C=O) groups is 3. The third-order valence-corrected chi connectivity index (χ3v) is 9.53. The van der Waals surface area contributed by atoms with Crippen LogP contribution in [-0.4, -0.2) is 125 Å². The molecule has 4 aliphatic rings. The van der Waals surface area contributed by atoms with Crippen molar-refractivity contribution in [1.29, 1.82) is 0 Å². The summed E-state index contributed by atoms with van der Waals surface area (Å²) in [4.78, 5) is 42.4.